The number of likely N-dealkylation sites (N-methyl/N-ethyl adjacent to an activating group) is 1. The van der Waals surface area contributed by atoms with E-state index < -0.39 is 23.5 Å². The van der Waals surface area contributed by atoms with Gasteiger partial charge in [0, 0.05) is 35.1 Å². The van der Waals surface area contributed by atoms with E-state index in [1.165, 1.54) is 24.5 Å². The highest BCUT2D eigenvalue weighted by atomic mass is 35.5. The zero-order valence-corrected chi connectivity index (χ0v) is 27.6. The highest BCUT2D eigenvalue weighted by Gasteiger charge is 2.38. The zero-order chi connectivity index (χ0) is 34.5. The van der Waals surface area contributed by atoms with Gasteiger partial charge in [-0.2, -0.15) is 18.4 Å². The molecule has 4 aromatic rings. The first-order valence-corrected chi connectivity index (χ1v) is 16.2. The van der Waals surface area contributed by atoms with Crippen molar-refractivity contribution in [3.63, 3.8) is 0 Å². The van der Waals surface area contributed by atoms with E-state index in [0.29, 0.717) is 29.5 Å². The van der Waals surface area contributed by atoms with Gasteiger partial charge in [-0.1, -0.05) is 24.2 Å². The number of ether oxygens (including phenoxy) is 1. The van der Waals surface area contributed by atoms with E-state index >= 15 is 0 Å². The predicted octanol–water partition coefficient (Wildman–Crippen LogP) is 6.21. The third-order valence-electron chi connectivity index (χ3n) is 9.70. The Balaban J connectivity index is 1.61. The number of nitrogens with zero attached hydrogens (tertiary/aromatic N) is 7. The van der Waals surface area contributed by atoms with E-state index in [4.69, 9.17) is 16.3 Å². The summed E-state index contributed by atoms with van der Waals surface area (Å²) >= 11 is 6.30. The predicted molar refractivity (Wildman–Crippen MR) is 175 cm³/mol. The molecule has 0 saturated carbocycles. The number of likely N-dealkylation sites (tertiary alicyclic amines) is 2. The lowest BCUT2D eigenvalue weighted by molar-refractivity contribution is -0.142. The van der Waals surface area contributed by atoms with Crippen LogP contribution in [-0.4, -0.2) is 73.1 Å². The average molecular weight is 682 g/mol. The summed E-state index contributed by atoms with van der Waals surface area (Å²) < 4.78 is 53.4. The van der Waals surface area contributed by atoms with Crippen LogP contribution in [0.4, 0.5) is 13.2 Å². The van der Waals surface area contributed by atoms with Crippen LogP contribution in [0.25, 0.3) is 27.6 Å². The molecule has 2 fully saturated rings. The monoisotopic (exact) mass is 681 g/mol. The summed E-state index contributed by atoms with van der Waals surface area (Å²) in [7, 11) is 2.00. The molecule has 2 saturated heterocycles. The fourth-order valence-electron chi connectivity index (χ4n) is 7.25. The van der Waals surface area contributed by atoms with Crippen molar-refractivity contribution in [2.24, 2.45) is 0 Å². The molecule has 10 nitrogen and oxygen atoms in total. The van der Waals surface area contributed by atoms with Crippen molar-refractivity contribution in [3.8, 4) is 17.6 Å². The molecule has 252 valence electrons. The van der Waals surface area contributed by atoms with E-state index in [1.54, 1.807) is 22.5 Å². The number of amides is 1. The Morgan fingerprint density at radius 1 is 1.27 bits per heavy atom. The maximum Gasteiger partial charge on any atom is 0.431 e. The number of hydrogen-bond acceptors (Lipinski definition) is 7. The van der Waals surface area contributed by atoms with Gasteiger partial charge >= 0.3 is 6.18 Å². The van der Waals surface area contributed by atoms with Gasteiger partial charge in [-0.3, -0.25) is 19.1 Å². The second-order valence-electron chi connectivity index (χ2n) is 12.5. The number of aromatic nitrogens is 4. The Kier molecular flexibility index (Phi) is 9.00. The molecule has 0 radical (unpaired) electrons. The molecular weight excluding hydrogens is 647 g/mol. The van der Waals surface area contributed by atoms with Gasteiger partial charge in [-0.25, -0.2) is 9.97 Å². The molecule has 0 N–H and O–H groups in total. The second kappa shape index (κ2) is 12.9. The summed E-state index contributed by atoms with van der Waals surface area (Å²) in [6.45, 7) is 8.22. The Hall–Kier alpha value is -4.41. The molecule has 3 aromatic heterocycles. The molecule has 1 amide bonds. The smallest absolute Gasteiger partial charge is 0.431 e. The van der Waals surface area contributed by atoms with Crippen molar-refractivity contribution in [2.45, 2.75) is 76.4 Å². The van der Waals surface area contributed by atoms with Crippen molar-refractivity contribution in [1.82, 2.24) is 28.9 Å². The molecule has 2 aliphatic rings. The van der Waals surface area contributed by atoms with Crippen molar-refractivity contribution in [2.75, 3.05) is 20.1 Å². The maximum atomic E-state index is 14.9. The normalized spacial score (nSPS) is 21.0. The van der Waals surface area contributed by atoms with Gasteiger partial charge < -0.3 is 14.2 Å². The van der Waals surface area contributed by atoms with Gasteiger partial charge in [0.1, 0.15) is 17.3 Å². The van der Waals surface area contributed by atoms with E-state index in [0.717, 1.165) is 25.5 Å². The highest BCUT2D eigenvalue weighted by molar-refractivity contribution is 6.31. The number of carbonyl (C=O) groups excluding carboxylic acids is 1. The second-order valence-corrected chi connectivity index (χ2v) is 12.9. The third-order valence-corrected chi connectivity index (χ3v) is 10.1. The van der Waals surface area contributed by atoms with Crippen LogP contribution in [0.1, 0.15) is 56.3 Å². The Morgan fingerprint density at radius 3 is 2.71 bits per heavy atom. The number of hydrogen-bond donors (Lipinski definition) is 0. The third kappa shape index (κ3) is 5.81. The number of halogens is 4. The van der Waals surface area contributed by atoms with E-state index in [-0.39, 0.29) is 69.0 Å². The lowest BCUT2D eigenvalue weighted by Gasteiger charge is -2.38. The van der Waals surface area contributed by atoms with E-state index in [9.17, 15) is 28.0 Å². The Labute approximate surface area is 280 Å². The minimum absolute atomic E-state index is 0.0147. The summed E-state index contributed by atoms with van der Waals surface area (Å²) in [4.78, 5) is 39.9. The topological polar surface area (TPSA) is 109 Å². The molecule has 14 heteroatoms. The number of benzene rings is 1. The van der Waals surface area contributed by atoms with Crippen molar-refractivity contribution >= 4 is 39.4 Å². The maximum absolute atomic E-state index is 14.9. The van der Waals surface area contributed by atoms with Crippen LogP contribution in [0.2, 0.25) is 5.02 Å². The van der Waals surface area contributed by atoms with Gasteiger partial charge in [-0.15, -0.1) is 0 Å². The average Bonchev–Trinajstić information content (AvgIpc) is 3.69. The molecule has 2 aliphatic heterocycles. The van der Waals surface area contributed by atoms with Crippen LogP contribution in [0, 0.1) is 18.3 Å². The number of nitriles is 1. The number of rotatable bonds is 7. The fourth-order valence-corrected chi connectivity index (χ4v) is 7.41. The molecule has 0 aliphatic carbocycles. The SMILES string of the molecule is C=CC(=O)N1CCC(n2cnc3c(OC(C)C4CCCN4C)nc4c(=O)n(-c5cccc(Cl)c5C)c(C(F)(F)F)cc4c32)CC1CC#N. The first kappa shape index (κ1) is 33.5. The number of alkyl halides is 3. The molecule has 5 heterocycles. The zero-order valence-electron chi connectivity index (χ0n) is 26.8. The quantitative estimate of drug-likeness (QED) is 0.214. The Morgan fingerprint density at radius 2 is 2.04 bits per heavy atom. The van der Waals surface area contributed by atoms with Gasteiger partial charge in [0.15, 0.2) is 5.52 Å². The number of piperidine rings is 1. The Bertz CT molecular complexity index is 2020. The van der Waals surface area contributed by atoms with Gasteiger partial charge in [0.05, 0.1) is 30.0 Å². The van der Waals surface area contributed by atoms with Gasteiger partial charge in [-0.05, 0) is 83.0 Å². The van der Waals surface area contributed by atoms with Crippen LogP contribution < -0.4 is 10.3 Å². The summed E-state index contributed by atoms with van der Waals surface area (Å²) in [6, 6.07) is 6.77. The minimum atomic E-state index is -4.93. The molecular formula is C34H35ClF3N7O3. The first-order chi connectivity index (χ1) is 22.8. The largest absolute Gasteiger partial charge is 0.471 e. The van der Waals surface area contributed by atoms with Crippen LogP contribution in [0.5, 0.6) is 5.88 Å². The molecule has 4 atom stereocenters. The summed E-state index contributed by atoms with van der Waals surface area (Å²) in [5.74, 6) is -0.254. The highest BCUT2D eigenvalue weighted by Crippen LogP contribution is 2.39. The molecule has 6 rings (SSSR count). The lowest BCUT2D eigenvalue weighted by Crippen LogP contribution is -2.45. The van der Waals surface area contributed by atoms with Crippen molar-refractivity contribution in [3.05, 3.63) is 69.9 Å². The number of pyridine rings is 2. The van der Waals surface area contributed by atoms with E-state index in [1.807, 2.05) is 14.0 Å². The van der Waals surface area contributed by atoms with Crippen LogP contribution >= 0.6 is 11.6 Å². The van der Waals surface area contributed by atoms with Crippen molar-refractivity contribution in [1.29, 1.82) is 5.26 Å². The first-order valence-electron chi connectivity index (χ1n) is 15.8. The molecule has 0 bridgehead atoms. The van der Waals surface area contributed by atoms with E-state index in [2.05, 4.69) is 27.5 Å². The van der Waals surface area contributed by atoms with Crippen LogP contribution in [0.3, 0.4) is 0 Å². The molecule has 4 unspecified atom stereocenters. The molecule has 48 heavy (non-hydrogen) atoms. The number of fused-ring (bicyclic) bond motifs is 3. The standard InChI is InChI=1S/C34H35ClF3N7O3/c1-5-28(46)43-15-12-22(16-21(43)11-13-39)44-18-40-30-31(44)23-17-27(34(36,37)38)45(25-9-6-8-24(35)19(25)2)33(47)29(23)41-32(30)48-20(3)26-10-7-14-42(26)4/h5-6,8-9,17-18,20-22,26H,1,7,10-12,14-16H2,2-4H3. The fraction of sp³-hybridized carbons (Fsp3) is 0.441. The van der Waals surface area contributed by atoms with Gasteiger partial charge in [0.25, 0.3) is 5.56 Å². The molecule has 0 spiro atoms. The van der Waals surface area contributed by atoms with Crippen LogP contribution in [-0.2, 0) is 11.0 Å². The summed E-state index contributed by atoms with van der Waals surface area (Å²) in [5, 5.41) is 9.71. The summed E-state index contributed by atoms with van der Waals surface area (Å²) in [6.07, 6.45) is 0.145. The summed E-state index contributed by atoms with van der Waals surface area (Å²) in [5.41, 5.74) is -1.61. The lowest BCUT2D eigenvalue weighted by atomic mass is 9.94. The van der Waals surface area contributed by atoms with Crippen LogP contribution in [0.15, 0.2) is 48.0 Å². The minimum Gasteiger partial charge on any atom is -0.471 e. The number of imidazole rings is 1. The molecule has 1 aromatic carbocycles. The number of carbonyl (C=O) groups is 1. The van der Waals surface area contributed by atoms with Gasteiger partial charge in [0.2, 0.25) is 11.8 Å². The van der Waals surface area contributed by atoms with Crippen molar-refractivity contribution < 1.29 is 22.7 Å².